The molecular weight excluding hydrogens is 879 g/mol. The average molecular weight is 926 g/mol. The third-order valence-electron chi connectivity index (χ3n) is 10.2. The minimum Gasteiger partial charge on any atom is -0.493 e. The summed E-state index contributed by atoms with van der Waals surface area (Å²) >= 11 is 1.22. The van der Waals surface area contributed by atoms with Gasteiger partial charge in [-0.2, -0.15) is 0 Å². The topological polar surface area (TPSA) is 241 Å². The number of carbonyl (C=O) groups excluding carboxylic acids is 7. The number of piperidine rings is 1. The first-order valence-electron chi connectivity index (χ1n) is 20.5. The first-order chi connectivity index (χ1) is 31.2. The molecule has 1 saturated heterocycles. The van der Waals surface area contributed by atoms with Crippen LogP contribution in [0.25, 0.3) is 11.3 Å². The van der Waals surface area contributed by atoms with Crippen LogP contribution < -0.4 is 26.0 Å². The van der Waals surface area contributed by atoms with E-state index >= 15 is 0 Å². The Morgan fingerprint density at radius 3 is 2.46 bits per heavy atom. The van der Waals surface area contributed by atoms with Crippen molar-refractivity contribution < 1.29 is 51.5 Å². The summed E-state index contributed by atoms with van der Waals surface area (Å²) in [5, 5.41) is 12.5. The number of carbonyl (C=O) groups is 7. The molecule has 65 heavy (non-hydrogen) atoms. The summed E-state index contributed by atoms with van der Waals surface area (Å²) < 4.78 is 36.6. The molecular formula is C45H47N7O11S2. The van der Waals surface area contributed by atoms with Crippen molar-refractivity contribution >= 4 is 68.3 Å². The number of unbranched alkanes of at least 4 members (excludes halogenated alkanes) is 1. The van der Waals surface area contributed by atoms with Crippen LogP contribution in [0.2, 0.25) is 0 Å². The Morgan fingerprint density at radius 1 is 1.00 bits per heavy atom. The van der Waals surface area contributed by atoms with Gasteiger partial charge in [-0.05, 0) is 55.0 Å². The highest BCUT2D eigenvalue weighted by Gasteiger charge is 2.36. The van der Waals surface area contributed by atoms with Gasteiger partial charge in [0.1, 0.15) is 17.8 Å². The zero-order valence-corrected chi connectivity index (χ0v) is 37.1. The van der Waals surface area contributed by atoms with Gasteiger partial charge >= 0.3 is 0 Å². The van der Waals surface area contributed by atoms with Crippen molar-refractivity contribution in [3.8, 4) is 17.0 Å². The molecule has 1 aliphatic rings. The summed E-state index contributed by atoms with van der Waals surface area (Å²) in [4.78, 5) is 93.9. The quantitative estimate of drug-likeness (QED) is 0.0465. The SMILES string of the molecule is Cc1cccc(OCCCCC(=O)NCc2ccc(COCC(NC(=O)c3ccn(S(C)(=O)=O)c3)C(=O)Nc3nc(-c4ccccc4)cs3)cc2)c1C(=O)N(C=O)C1CCC(=O)NC1=O. The average Bonchev–Trinajstić information content (AvgIpc) is 3.98. The van der Waals surface area contributed by atoms with E-state index in [-0.39, 0.29) is 74.8 Å². The molecule has 5 aromatic rings. The van der Waals surface area contributed by atoms with E-state index in [1.54, 1.807) is 30.5 Å². The lowest BCUT2D eigenvalue weighted by atomic mass is 10.0. The zero-order chi connectivity index (χ0) is 46.5. The van der Waals surface area contributed by atoms with Crippen molar-refractivity contribution in [2.45, 2.75) is 64.3 Å². The van der Waals surface area contributed by atoms with Crippen LogP contribution in [0.3, 0.4) is 0 Å². The molecule has 0 radical (unpaired) electrons. The highest BCUT2D eigenvalue weighted by Crippen LogP contribution is 2.27. The molecule has 18 nitrogen and oxygen atoms in total. The maximum Gasteiger partial charge on any atom is 0.265 e. The largest absolute Gasteiger partial charge is 0.493 e. The lowest BCUT2D eigenvalue weighted by Crippen LogP contribution is -2.54. The van der Waals surface area contributed by atoms with Crippen molar-refractivity contribution in [2.24, 2.45) is 0 Å². The van der Waals surface area contributed by atoms with E-state index in [1.807, 2.05) is 54.6 Å². The van der Waals surface area contributed by atoms with E-state index in [0.717, 1.165) is 38.0 Å². The molecule has 1 fully saturated rings. The molecule has 3 heterocycles. The first-order valence-corrected chi connectivity index (χ1v) is 23.2. The standard InChI is InChI=1S/C45H47N7O11S2/c1-29-9-8-12-37(40(29)44(59)52(28-53)36-18-19-39(55)49-43(36)58)63-22-7-6-13-38(54)46-23-30-14-16-31(17-15-30)25-62-26-34(47-41(56)33-20-21-51(24-33)65(2,60)61)42(57)50-45-48-35(27-64-45)32-10-4-3-5-11-32/h3-5,8-12,14-17,20-21,24,27-28,34,36H,6-7,13,18-19,22-23,25-26H2,1-2H3,(H,46,54)(H,47,56)(H,48,50,57)(H,49,55,58). The third-order valence-corrected chi connectivity index (χ3v) is 12.0. The molecule has 3 aromatic carbocycles. The molecule has 0 saturated carbocycles. The number of nitrogens with zero attached hydrogens (tertiary/aromatic N) is 3. The van der Waals surface area contributed by atoms with Crippen LogP contribution in [0.4, 0.5) is 5.13 Å². The summed E-state index contributed by atoms with van der Waals surface area (Å²) in [7, 11) is -3.63. The van der Waals surface area contributed by atoms with Crippen LogP contribution in [0, 0.1) is 6.92 Å². The number of amides is 7. The number of rotatable bonds is 21. The summed E-state index contributed by atoms with van der Waals surface area (Å²) in [6.45, 7) is 1.99. The predicted molar refractivity (Wildman–Crippen MR) is 239 cm³/mol. The fraction of sp³-hybridized carbons (Fsp3) is 0.289. The zero-order valence-electron chi connectivity index (χ0n) is 35.5. The van der Waals surface area contributed by atoms with Gasteiger partial charge in [-0.25, -0.2) is 13.4 Å². The first kappa shape index (κ1) is 47.4. The van der Waals surface area contributed by atoms with Crippen molar-refractivity contribution in [2.75, 3.05) is 24.8 Å². The van der Waals surface area contributed by atoms with Crippen molar-refractivity contribution in [1.29, 1.82) is 0 Å². The second-order valence-electron chi connectivity index (χ2n) is 15.1. The maximum absolute atomic E-state index is 13.5. The number of ether oxygens (including phenoxy) is 2. The Labute approximate surface area is 378 Å². The van der Waals surface area contributed by atoms with Gasteiger partial charge in [-0.1, -0.05) is 66.7 Å². The fourth-order valence-corrected chi connectivity index (χ4v) is 8.00. The van der Waals surface area contributed by atoms with E-state index in [2.05, 4.69) is 26.3 Å². The summed E-state index contributed by atoms with van der Waals surface area (Å²) in [6, 6.07) is 20.7. The number of aromatic nitrogens is 2. The Morgan fingerprint density at radius 2 is 1.75 bits per heavy atom. The van der Waals surface area contributed by atoms with Gasteiger partial charge in [-0.3, -0.25) is 47.8 Å². The lowest BCUT2D eigenvalue weighted by Gasteiger charge is -2.29. The molecule has 1 aliphatic heterocycles. The smallest absolute Gasteiger partial charge is 0.265 e. The van der Waals surface area contributed by atoms with E-state index in [9.17, 15) is 42.0 Å². The Hall–Kier alpha value is -7.03. The number of anilines is 1. The monoisotopic (exact) mass is 925 g/mol. The molecule has 2 unspecified atom stereocenters. The minimum atomic E-state index is -3.63. The summed E-state index contributed by atoms with van der Waals surface area (Å²) in [6.07, 6.45) is 4.89. The second kappa shape index (κ2) is 22.0. The number of nitrogens with one attached hydrogen (secondary N) is 4. The van der Waals surface area contributed by atoms with Crippen molar-refractivity contribution in [3.05, 3.63) is 124 Å². The highest BCUT2D eigenvalue weighted by molar-refractivity contribution is 7.89. The molecule has 2 aromatic heterocycles. The molecule has 0 spiro atoms. The molecule has 340 valence electrons. The highest BCUT2D eigenvalue weighted by atomic mass is 32.2. The summed E-state index contributed by atoms with van der Waals surface area (Å²) in [5.41, 5.74) is 3.82. The van der Waals surface area contributed by atoms with Gasteiger partial charge in [0.15, 0.2) is 5.13 Å². The minimum absolute atomic E-state index is 0.000163. The molecule has 2 atom stereocenters. The molecule has 0 aliphatic carbocycles. The van der Waals surface area contributed by atoms with Gasteiger partial charge in [0.2, 0.25) is 34.2 Å². The van der Waals surface area contributed by atoms with Gasteiger partial charge in [0.25, 0.3) is 17.7 Å². The van der Waals surface area contributed by atoms with Gasteiger partial charge in [0.05, 0.1) is 42.9 Å². The normalized spacial score (nSPS) is 14.2. The number of thiazole rings is 1. The van der Waals surface area contributed by atoms with E-state index in [1.165, 1.54) is 23.6 Å². The van der Waals surface area contributed by atoms with Crippen molar-refractivity contribution in [3.63, 3.8) is 0 Å². The van der Waals surface area contributed by atoms with Gasteiger partial charge in [0, 0.05) is 42.7 Å². The molecule has 7 amide bonds. The Kier molecular flexibility index (Phi) is 16.1. The third kappa shape index (κ3) is 13.0. The fourth-order valence-electron chi connectivity index (χ4n) is 6.69. The summed E-state index contributed by atoms with van der Waals surface area (Å²) in [5.74, 6) is -3.12. The molecule has 20 heteroatoms. The lowest BCUT2D eigenvalue weighted by molar-refractivity contribution is -0.139. The van der Waals surface area contributed by atoms with Crippen LogP contribution in [0.15, 0.2) is 96.6 Å². The predicted octanol–water partition coefficient (Wildman–Crippen LogP) is 3.95. The molecule has 6 rings (SSSR count). The number of hydrogen-bond donors (Lipinski definition) is 4. The number of benzene rings is 3. The second-order valence-corrected chi connectivity index (χ2v) is 17.8. The van der Waals surface area contributed by atoms with E-state index < -0.39 is 51.6 Å². The van der Waals surface area contributed by atoms with Crippen LogP contribution in [-0.4, -0.2) is 95.7 Å². The van der Waals surface area contributed by atoms with Crippen LogP contribution in [-0.2, 0) is 51.9 Å². The van der Waals surface area contributed by atoms with Gasteiger partial charge < -0.3 is 25.4 Å². The maximum atomic E-state index is 13.5. The Balaban J connectivity index is 0.952. The van der Waals surface area contributed by atoms with Crippen LogP contribution in [0.5, 0.6) is 5.75 Å². The number of aryl methyl sites for hydroxylation is 1. The van der Waals surface area contributed by atoms with E-state index in [4.69, 9.17) is 9.47 Å². The molecule has 4 N–H and O–H groups in total. The number of imide groups is 2. The van der Waals surface area contributed by atoms with E-state index in [0.29, 0.717) is 29.2 Å². The van der Waals surface area contributed by atoms with Gasteiger partial charge in [-0.15, -0.1) is 11.3 Å². The van der Waals surface area contributed by atoms with Crippen LogP contribution >= 0.6 is 11.3 Å². The van der Waals surface area contributed by atoms with Crippen molar-refractivity contribution in [1.82, 2.24) is 29.8 Å². The molecule has 0 bridgehead atoms. The Bertz CT molecular complexity index is 2650. The van der Waals surface area contributed by atoms with Crippen LogP contribution in [0.1, 0.15) is 69.5 Å². The number of hydrogen-bond acceptors (Lipinski definition) is 13.